The van der Waals surface area contributed by atoms with Gasteiger partial charge in [0.05, 0.1) is 30.9 Å². The molecule has 1 unspecified atom stereocenters. The lowest BCUT2D eigenvalue weighted by Gasteiger charge is -2.16. The molecular formula is C21H25NO5S. The fraction of sp³-hybridized carbons (Fsp3) is 0.429. The van der Waals surface area contributed by atoms with E-state index in [1.54, 1.807) is 18.0 Å². The Hall–Kier alpha value is -2.25. The third-order valence-electron chi connectivity index (χ3n) is 5.13. The molecule has 6 nitrogen and oxygen atoms in total. The summed E-state index contributed by atoms with van der Waals surface area (Å²) < 4.78 is 11.2. The summed E-state index contributed by atoms with van der Waals surface area (Å²) in [5, 5.41) is 14.0. The molecule has 0 radical (unpaired) electrons. The van der Waals surface area contributed by atoms with E-state index in [0.29, 0.717) is 23.2 Å². The first kappa shape index (κ1) is 20.5. The molecule has 3 rings (SSSR count). The van der Waals surface area contributed by atoms with Gasteiger partial charge >= 0.3 is 5.63 Å². The van der Waals surface area contributed by atoms with Gasteiger partial charge in [-0.2, -0.15) is 11.8 Å². The summed E-state index contributed by atoms with van der Waals surface area (Å²) in [5.74, 6) is 0.536. The van der Waals surface area contributed by atoms with Gasteiger partial charge < -0.3 is 19.3 Å². The van der Waals surface area contributed by atoms with Crippen LogP contribution in [0.2, 0.25) is 0 Å². The van der Waals surface area contributed by atoms with Crippen LogP contribution in [0.3, 0.4) is 0 Å². The molecule has 1 amide bonds. The molecule has 0 fully saturated rings. The van der Waals surface area contributed by atoms with Gasteiger partial charge in [0.2, 0.25) is 5.91 Å². The highest BCUT2D eigenvalue weighted by atomic mass is 32.2. The number of aliphatic hydroxyl groups excluding tert-OH is 1. The number of fused-ring (bicyclic) bond motifs is 2. The predicted molar refractivity (Wildman–Crippen MR) is 112 cm³/mol. The fourth-order valence-corrected chi connectivity index (χ4v) is 3.95. The molecule has 2 aromatic heterocycles. The monoisotopic (exact) mass is 403 g/mol. The van der Waals surface area contributed by atoms with Gasteiger partial charge in [-0.1, -0.05) is 0 Å². The molecule has 1 aromatic carbocycles. The average molecular weight is 404 g/mol. The van der Waals surface area contributed by atoms with Crippen molar-refractivity contribution in [2.45, 2.75) is 39.7 Å². The van der Waals surface area contributed by atoms with E-state index in [4.69, 9.17) is 8.83 Å². The van der Waals surface area contributed by atoms with E-state index in [-0.39, 0.29) is 25.0 Å². The maximum atomic E-state index is 12.6. The molecule has 150 valence electrons. The number of furan rings is 1. The lowest BCUT2D eigenvalue weighted by molar-refractivity contribution is -0.121. The van der Waals surface area contributed by atoms with Crippen molar-refractivity contribution < 1.29 is 18.7 Å². The van der Waals surface area contributed by atoms with Crippen LogP contribution in [0.25, 0.3) is 21.9 Å². The van der Waals surface area contributed by atoms with Crippen LogP contribution in [-0.2, 0) is 11.2 Å². The molecule has 0 bridgehead atoms. The van der Waals surface area contributed by atoms with Gasteiger partial charge in [0.25, 0.3) is 0 Å². The van der Waals surface area contributed by atoms with Crippen LogP contribution in [0.4, 0.5) is 0 Å². The fourth-order valence-electron chi connectivity index (χ4n) is 3.43. The van der Waals surface area contributed by atoms with Gasteiger partial charge in [0.1, 0.15) is 11.2 Å². The highest BCUT2D eigenvalue weighted by Crippen LogP contribution is 2.32. The summed E-state index contributed by atoms with van der Waals surface area (Å²) in [6, 6.07) is 1.63. The zero-order valence-corrected chi connectivity index (χ0v) is 17.4. The summed E-state index contributed by atoms with van der Waals surface area (Å²) in [7, 11) is 0. The SMILES string of the molecule is CSCCC(CO)NC(=O)Cc1c(C)c2cc3c(C)coc3c(C)c2oc1=O. The number of nitrogens with one attached hydrogen (secondary N) is 1. The second-order valence-electron chi connectivity index (χ2n) is 7.07. The Morgan fingerprint density at radius 3 is 2.64 bits per heavy atom. The standard InChI is InChI=1S/C21H25NO5S/c1-11-10-26-19-13(3)20-16(7-15(11)19)12(2)17(21(25)27-20)8-18(24)22-14(9-23)5-6-28-4/h7,10,14,23H,5-6,8-9H2,1-4H3,(H,22,24). The second kappa shape index (κ2) is 8.41. The third-order valence-corrected chi connectivity index (χ3v) is 5.77. The largest absolute Gasteiger partial charge is 0.464 e. The molecule has 3 aromatic rings. The van der Waals surface area contributed by atoms with Crippen LogP contribution in [-0.4, -0.2) is 35.7 Å². The second-order valence-corrected chi connectivity index (χ2v) is 8.06. The van der Waals surface area contributed by atoms with E-state index in [9.17, 15) is 14.7 Å². The van der Waals surface area contributed by atoms with Gasteiger partial charge in [0.15, 0.2) is 0 Å². The Balaban J connectivity index is 1.97. The first-order chi connectivity index (χ1) is 13.4. The molecule has 7 heteroatoms. The number of carbonyl (C=O) groups excluding carboxylic acids is 1. The number of rotatable bonds is 7. The van der Waals surface area contributed by atoms with E-state index in [0.717, 1.165) is 33.2 Å². The van der Waals surface area contributed by atoms with E-state index in [2.05, 4.69) is 5.32 Å². The van der Waals surface area contributed by atoms with Crippen molar-refractivity contribution in [2.75, 3.05) is 18.6 Å². The Kier molecular flexibility index (Phi) is 6.15. The van der Waals surface area contributed by atoms with Crippen molar-refractivity contribution in [3.63, 3.8) is 0 Å². The molecule has 1 atom stereocenters. The van der Waals surface area contributed by atoms with Crippen molar-refractivity contribution in [3.05, 3.63) is 45.0 Å². The molecule has 0 saturated heterocycles. The first-order valence-corrected chi connectivity index (χ1v) is 10.6. The average Bonchev–Trinajstić information content (AvgIpc) is 3.04. The van der Waals surface area contributed by atoms with Crippen LogP contribution < -0.4 is 10.9 Å². The Bertz CT molecular complexity index is 1080. The molecule has 2 N–H and O–H groups in total. The summed E-state index contributed by atoms with van der Waals surface area (Å²) in [5.41, 5.74) is 3.52. The van der Waals surface area contributed by atoms with E-state index < -0.39 is 5.63 Å². The van der Waals surface area contributed by atoms with Crippen molar-refractivity contribution in [1.82, 2.24) is 5.32 Å². The smallest absolute Gasteiger partial charge is 0.340 e. The van der Waals surface area contributed by atoms with E-state index in [1.165, 1.54) is 0 Å². The zero-order valence-electron chi connectivity index (χ0n) is 16.5. The minimum Gasteiger partial charge on any atom is -0.464 e. The van der Waals surface area contributed by atoms with Crippen molar-refractivity contribution in [1.29, 1.82) is 0 Å². The molecule has 0 spiro atoms. The number of aryl methyl sites for hydroxylation is 3. The number of amides is 1. The number of thioether (sulfide) groups is 1. The summed E-state index contributed by atoms with van der Waals surface area (Å²) >= 11 is 1.65. The lowest BCUT2D eigenvalue weighted by Crippen LogP contribution is -2.39. The minimum absolute atomic E-state index is 0.0820. The maximum absolute atomic E-state index is 12.6. The van der Waals surface area contributed by atoms with Crippen molar-refractivity contribution >= 4 is 39.6 Å². The van der Waals surface area contributed by atoms with E-state index in [1.807, 2.05) is 33.1 Å². The first-order valence-electron chi connectivity index (χ1n) is 9.20. The van der Waals surface area contributed by atoms with Gasteiger partial charge in [-0.3, -0.25) is 4.79 Å². The normalized spacial score (nSPS) is 12.6. The molecule has 0 saturated carbocycles. The topological polar surface area (TPSA) is 92.7 Å². The van der Waals surface area contributed by atoms with Crippen LogP contribution in [0, 0.1) is 20.8 Å². The van der Waals surface area contributed by atoms with Gasteiger partial charge in [-0.25, -0.2) is 4.79 Å². The van der Waals surface area contributed by atoms with Gasteiger partial charge in [-0.05, 0) is 56.4 Å². The molecule has 0 aliphatic rings. The van der Waals surface area contributed by atoms with Crippen LogP contribution in [0.15, 0.2) is 26.0 Å². The summed E-state index contributed by atoms with van der Waals surface area (Å²) in [4.78, 5) is 25.0. The molecular weight excluding hydrogens is 378 g/mol. The Morgan fingerprint density at radius 1 is 1.21 bits per heavy atom. The third kappa shape index (κ3) is 3.82. The van der Waals surface area contributed by atoms with Gasteiger partial charge in [0, 0.05) is 16.3 Å². The number of hydrogen-bond acceptors (Lipinski definition) is 6. The molecule has 0 aliphatic heterocycles. The predicted octanol–water partition coefficient (Wildman–Crippen LogP) is 3.24. The molecule has 2 heterocycles. The highest BCUT2D eigenvalue weighted by molar-refractivity contribution is 7.98. The quantitative estimate of drug-likeness (QED) is 0.589. The van der Waals surface area contributed by atoms with Crippen LogP contribution in [0.5, 0.6) is 0 Å². The zero-order chi connectivity index (χ0) is 20.4. The summed E-state index contributed by atoms with van der Waals surface area (Å²) in [6.07, 6.45) is 4.25. The minimum atomic E-state index is -0.518. The van der Waals surface area contributed by atoms with Crippen molar-refractivity contribution in [2.24, 2.45) is 0 Å². The van der Waals surface area contributed by atoms with Crippen LogP contribution >= 0.6 is 11.8 Å². The maximum Gasteiger partial charge on any atom is 0.340 e. The molecule has 28 heavy (non-hydrogen) atoms. The molecule has 0 aliphatic carbocycles. The number of carbonyl (C=O) groups is 1. The van der Waals surface area contributed by atoms with Crippen LogP contribution in [0.1, 0.15) is 28.7 Å². The number of aliphatic hydroxyl groups is 1. The number of benzene rings is 1. The Morgan fingerprint density at radius 2 is 1.96 bits per heavy atom. The van der Waals surface area contributed by atoms with Crippen molar-refractivity contribution in [3.8, 4) is 0 Å². The van der Waals surface area contributed by atoms with E-state index >= 15 is 0 Å². The lowest BCUT2D eigenvalue weighted by atomic mass is 9.99. The summed E-state index contributed by atoms with van der Waals surface area (Å²) in [6.45, 7) is 5.53. The highest BCUT2D eigenvalue weighted by Gasteiger charge is 2.20. The van der Waals surface area contributed by atoms with Gasteiger partial charge in [-0.15, -0.1) is 0 Å². The number of hydrogen-bond donors (Lipinski definition) is 2. The Labute approximate surface area is 167 Å².